The molecular formula is C18H16ClN3O5S. The number of rotatable bonds is 6. The van der Waals surface area contributed by atoms with E-state index in [1.165, 1.54) is 32.3 Å². The molecule has 0 saturated heterocycles. The minimum absolute atomic E-state index is 0.0678. The van der Waals surface area contributed by atoms with Crippen LogP contribution >= 0.6 is 11.6 Å². The molecule has 0 spiro atoms. The molecule has 0 bridgehead atoms. The average molecular weight is 422 g/mol. The molecule has 2 aromatic carbocycles. The molecule has 0 atom stereocenters. The summed E-state index contributed by atoms with van der Waals surface area (Å²) in [6.45, 7) is -0.278. The van der Waals surface area contributed by atoms with E-state index in [2.05, 4.69) is 10.2 Å². The number of benzene rings is 2. The van der Waals surface area contributed by atoms with E-state index in [0.717, 1.165) is 9.87 Å². The highest BCUT2D eigenvalue weighted by Gasteiger charge is 2.22. The summed E-state index contributed by atoms with van der Waals surface area (Å²) in [5, 5.41) is 7.80. The van der Waals surface area contributed by atoms with Crippen molar-refractivity contribution in [2.24, 2.45) is 0 Å². The van der Waals surface area contributed by atoms with Gasteiger partial charge < -0.3 is 9.15 Å². The lowest BCUT2D eigenvalue weighted by Crippen LogP contribution is -2.22. The maximum Gasteiger partial charge on any atom is 0.340 e. The first-order valence-corrected chi connectivity index (χ1v) is 9.88. The van der Waals surface area contributed by atoms with E-state index in [9.17, 15) is 13.2 Å². The molecule has 0 aliphatic heterocycles. The Morgan fingerprint density at radius 2 is 1.86 bits per heavy atom. The van der Waals surface area contributed by atoms with E-state index in [0.29, 0.717) is 5.89 Å². The SMILES string of the molecule is CN(C)S(=O)(=O)c1ccc(Cl)c(C(=O)OCc2nnc(-c3ccccc3)o2)c1. The van der Waals surface area contributed by atoms with E-state index in [4.69, 9.17) is 20.8 Å². The van der Waals surface area contributed by atoms with Crippen molar-refractivity contribution in [1.29, 1.82) is 0 Å². The number of halogens is 1. The van der Waals surface area contributed by atoms with Crippen LogP contribution in [0.3, 0.4) is 0 Å². The van der Waals surface area contributed by atoms with Gasteiger partial charge in [-0.3, -0.25) is 0 Å². The molecule has 0 aliphatic carbocycles. The lowest BCUT2D eigenvalue weighted by molar-refractivity contribution is 0.0438. The van der Waals surface area contributed by atoms with Crippen LogP contribution in [0.15, 0.2) is 57.8 Å². The van der Waals surface area contributed by atoms with E-state index in [-0.39, 0.29) is 28.0 Å². The molecule has 1 heterocycles. The fourth-order valence-corrected chi connectivity index (χ4v) is 3.37. The Hall–Kier alpha value is -2.75. The minimum atomic E-state index is -3.72. The van der Waals surface area contributed by atoms with Crippen LogP contribution in [0, 0.1) is 0 Å². The molecule has 8 nitrogen and oxygen atoms in total. The highest BCUT2D eigenvalue weighted by molar-refractivity contribution is 7.89. The van der Waals surface area contributed by atoms with Gasteiger partial charge in [0, 0.05) is 19.7 Å². The predicted octanol–water partition coefficient (Wildman–Crippen LogP) is 3.00. The molecule has 1 aromatic heterocycles. The molecular weight excluding hydrogens is 406 g/mol. The molecule has 10 heteroatoms. The first-order valence-electron chi connectivity index (χ1n) is 8.06. The molecule has 146 valence electrons. The van der Waals surface area contributed by atoms with Gasteiger partial charge in [-0.05, 0) is 30.3 Å². The third-order valence-corrected chi connectivity index (χ3v) is 5.89. The molecule has 0 radical (unpaired) electrons. The van der Waals surface area contributed by atoms with Gasteiger partial charge >= 0.3 is 5.97 Å². The van der Waals surface area contributed by atoms with Gasteiger partial charge in [0.25, 0.3) is 5.89 Å². The molecule has 3 rings (SSSR count). The number of nitrogens with zero attached hydrogens (tertiary/aromatic N) is 3. The zero-order chi connectivity index (χ0) is 20.3. The van der Waals surface area contributed by atoms with Crippen LogP contribution in [0.1, 0.15) is 16.2 Å². The number of aromatic nitrogens is 2. The number of esters is 1. The minimum Gasteiger partial charge on any atom is -0.452 e. The van der Waals surface area contributed by atoms with E-state index >= 15 is 0 Å². The Morgan fingerprint density at radius 3 is 2.54 bits per heavy atom. The normalized spacial score (nSPS) is 11.6. The summed E-state index contributed by atoms with van der Waals surface area (Å²) in [6, 6.07) is 12.9. The van der Waals surface area contributed by atoms with Crippen LogP contribution in [0.25, 0.3) is 11.5 Å². The van der Waals surface area contributed by atoms with Gasteiger partial charge in [0.15, 0.2) is 6.61 Å². The van der Waals surface area contributed by atoms with Gasteiger partial charge in [0.1, 0.15) is 0 Å². The first kappa shape index (κ1) is 20.0. The third kappa shape index (κ3) is 4.22. The van der Waals surface area contributed by atoms with Crippen molar-refractivity contribution in [1.82, 2.24) is 14.5 Å². The van der Waals surface area contributed by atoms with Crippen molar-refractivity contribution in [3.05, 3.63) is 65.0 Å². The molecule has 0 aliphatic rings. The number of hydrogen-bond acceptors (Lipinski definition) is 7. The second kappa shape index (κ2) is 8.09. The predicted molar refractivity (Wildman–Crippen MR) is 101 cm³/mol. The monoisotopic (exact) mass is 421 g/mol. The summed E-state index contributed by atoms with van der Waals surface area (Å²) in [5.41, 5.74) is 0.657. The molecule has 0 N–H and O–H groups in total. The van der Waals surface area contributed by atoms with Crippen LogP contribution in [-0.2, 0) is 21.4 Å². The maximum absolute atomic E-state index is 12.4. The molecule has 28 heavy (non-hydrogen) atoms. The summed E-state index contributed by atoms with van der Waals surface area (Å²) in [5.74, 6) is -0.413. The summed E-state index contributed by atoms with van der Waals surface area (Å²) in [4.78, 5) is 12.3. The smallest absolute Gasteiger partial charge is 0.340 e. The highest BCUT2D eigenvalue weighted by Crippen LogP contribution is 2.23. The molecule has 0 unspecified atom stereocenters. The van der Waals surface area contributed by atoms with Gasteiger partial charge in [0.05, 0.1) is 15.5 Å². The Balaban J connectivity index is 1.75. The quantitative estimate of drug-likeness (QED) is 0.563. The van der Waals surface area contributed by atoms with Gasteiger partial charge in [-0.1, -0.05) is 29.8 Å². The largest absolute Gasteiger partial charge is 0.452 e. The van der Waals surface area contributed by atoms with Crippen molar-refractivity contribution in [3.63, 3.8) is 0 Å². The van der Waals surface area contributed by atoms with E-state index < -0.39 is 16.0 Å². The Kier molecular flexibility index (Phi) is 5.78. The standard InChI is InChI=1S/C18H16ClN3O5S/c1-22(2)28(24,25)13-8-9-15(19)14(10-13)18(23)26-11-16-20-21-17(27-16)12-6-4-3-5-7-12/h3-10H,11H2,1-2H3. The van der Waals surface area contributed by atoms with Crippen molar-refractivity contribution >= 4 is 27.6 Å². The van der Waals surface area contributed by atoms with E-state index in [1.807, 2.05) is 18.2 Å². The van der Waals surface area contributed by atoms with Crippen molar-refractivity contribution in [2.75, 3.05) is 14.1 Å². The fraction of sp³-hybridized carbons (Fsp3) is 0.167. The number of hydrogen-bond donors (Lipinski definition) is 0. The molecule has 0 amide bonds. The van der Waals surface area contributed by atoms with Crippen LogP contribution in [0.4, 0.5) is 0 Å². The number of carbonyl (C=O) groups is 1. The lowest BCUT2D eigenvalue weighted by atomic mass is 10.2. The zero-order valence-electron chi connectivity index (χ0n) is 15.0. The van der Waals surface area contributed by atoms with Crippen molar-refractivity contribution < 1.29 is 22.4 Å². The summed E-state index contributed by atoms with van der Waals surface area (Å²) in [6.07, 6.45) is 0. The van der Waals surface area contributed by atoms with Gasteiger partial charge in [0.2, 0.25) is 15.9 Å². The Morgan fingerprint density at radius 1 is 1.14 bits per heavy atom. The molecule has 0 saturated carbocycles. The Labute approximate surface area is 166 Å². The number of sulfonamides is 1. The van der Waals surface area contributed by atoms with Gasteiger partial charge in [-0.2, -0.15) is 0 Å². The maximum atomic E-state index is 12.4. The third-order valence-electron chi connectivity index (χ3n) is 3.75. The van der Waals surface area contributed by atoms with Crippen LogP contribution < -0.4 is 0 Å². The topological polar surface area (TPSA) is 103 Å². The van der Waals surface area contributed by atoms with Crippen LogP contribution in [-0.4, -0.2) is 43.0 Å². The molecule has 3 aromatic rings. The average Bonchev–Trinajstić information content (AvgIpc) is 3.16. The number of carbonyl (C=O) groups excluding carboxylic acids is 1. The Bertz CT molecular complexity index is 1100. The second-order valence-electron chi connectivity index (χ2n) is 5.87. The summed E-state index contributed by atoms with van der Waals surface area (Å²) < 4.78 is 36.1. The summed E-state index contributed by atoms with van der Waals surface area (Å²) >= 11 is 6.03. The van der Waals surface area contributed by atoms with Crippen LogP contribution in [0.5, 0.6) is 0 Å². The van der Waals surface area contributed by atoms with Crippen molar-refractivity contribution in [3.8, 4) is 11.5 Å². The first-order chi connectivity index (χ1) is 13.3. The zero-order valence-corrected chi connectivity index (χ0v) is 16.6. The van der Waals surface area contributed by atoms with Crippen molar-refractivity contribution in [2.45, 2.75) is 11.5 Å². The molecule has 0 fully saturated rings. The summed E-state index contributed by atoms with van der Waals surface area (Å²) in [7, 11) is -0.937. The number of ether oxygens (including phenoxy) is 1. The lowest BCUT2D eigenvalue weighted by Gasteiger charge is -2.12. The fourth-order valence-electron chi connectivity index (χ4n) is 2.25. The van der Waals surface area contributed by atoms with Gasteiger partial charge in [-0.25, -0.2) is 17.5 Å². The van der Waals surface area contributed by atoms with E-state index in [1.54, 1.807) is 12.1 Å². The van der Waals surface area contributed by atoms with Crippen LogP contribution in [0.2, 0.25) is 5.02 Å². The highest BCUT2D eigenvalue weighted by atomic mass is 35.5. The second-order valence-corrected chi connectivity index (χ2v) is 8.43. The van der Waals surface area contributed by atoms with Gasteiger partial charge in [-0.15, -0.1) is 10.2 Å².